The van der Waals surface area contributed by atoms with Crippen LogP contribution in [0.3, 0.4) is 0 Å². The average Bonchev–Trinajstić information content (AvgIpc) is 2.96. The lowest BCUT2D eigenvalue weighted by Gasteiger charge is -2.29. The number of fused-ring (bicyclic) bond motifs is 1. The Hall–Kier alpha value is -2.42. The van der Waals surface area contributed by atoms with Crippen LogP contribution in [0.4, 0.5) is 0 Å². The summed E-state index contributed by atoms with van der Waals surface area (Å²) in [5, 5.41) is 7.60. The van der Waals surface area contributed by atoms with Gasteiger partial charge in [0, 0.05) is 69.8 Å². The standard InChI is InChI=1S/C23H35N5O4/c1-26-19-10-11-28(16-18(19)22(25-26)23(31)27-12-14-32-15-13-27)21(30)9-8-20(29)24-17-6-4-2-3-5-7-17/h17H,2-16H2,1H3,(H,24,29). The molecule has 1 saturated carbocycles. The van der Waals surface area contributed by atoms with Crippen LogP contribution >= 0.6 is 0 Å². The highest BCUT2D eigenvalue weighted by molar-refractivity contribution is 5.94. The third kappa shape index (κ3) is 5.31. The second kappa shape index (κ2) is 10.5. The topological polar surface area (TPSA) is 96.8 Å². The van der Waals surface area contributed by atoms with Crippen molar-refractivity contribution in [3.05, 3.63) is 17.0 Å². The lowest BCUT2D eigenvalue weighted by molar-refractivity contribution is -0.134. The Balaban J connectivity index is 1.33. The molecule has 1 aliphatic carbocycles. The molecule has 4 rings (SSSR count). The van der Waals surface area contributed by atoms with Crippen LogP contribution in [0.5, 0.6) is 0 Å². The number of morpholine rings is 1. The van der Waals surface area contributed by atoms with E-state index in [4.69, 9.17) is 4.74 Å². The average molecular weight is 446 g/mol. The van der Waals surface area contributed by atoms with Crippen LogP contribution in [-0.2, 0) is 34.3 Å². The van der Waals surface area contributed by atoms with E-state index >= 15 is 0 Å². The van der Waals surface area contributed by atoms with Gasteiger partial charge in [-0.15, -0.1) is 0 Å². The molecule has 3 aliphatic rings. The monoisotopic (exact) mass is 445 g/mol. The molecule has 1 saturated heterocycles. The summed E-state index contributed by atoms with van der Waals surface area (Å²) in [7, 11) is 1.85. The maximum absolute atomic E-state index is 13.0. The van der Waals surface area contributed by atoms with E-state index in [9.17, 15) is 14.4 Å². The predicted molar refractivity (Wildman–Crippen MR) is 118 cm³/mol. The number of nitrogens with zero attached hydrogens (tertiary/aromatic N) is 4. The molecule has 3 heterocycles. The molecule has 0 atom stereocenters. The SMILES string of the molecule is Cn1nc(C(=O)N2CCOCC2)c2c1CCN(C(=O)CCC(=O)NC1CCCCCC1)C2. The summed E-state index contributed by atoms with van der Waals surface area (Å²) in [6.07, 6.45) is 7.96. The number of aromatic nitrogens is 2. The van der Waals surface area contributed by atoms with Gasteiger partial charge in [-0.2, -0.15) is 5.10 Å². The van der Waals surface area contributed by atoms with E-state index < -0.39 is 0 Å². The van der Waals surface area contributed by atoms with E-state index in [-0.39, 0.29) is 36.6 Å². The third-order valence-corrected chi connectivity index (χ3v) is 6.88. The van der Waals surface area contributed by atoms with E-state index in [1.165, 1.54) is 12.8 Å². The molecular formula is C23H35N5O4. The fraction of sp³-hybridized carbons (Fsp3) is 0.739. The lowest BCUT2D eigenvalue weighted by atomic mass is 10.0. The van der Waals surface area contributed by atoms with Gasteiger partial charge >= 0.3 is 0 Å². The first-order chi connectivity index (χ1) is 15.5. The van der Waals surface area contributed by atoms with Crippen molar-refractivity contribution >= 4 is 17.7 Å². The number of hydrogen-bond acceptors (Lipinski definition) is 5. The number of carbonyl (C=O) groups is 3. The minimum absolute atomic E-state index is 0.0347. The van der Waals surface area contributed by atoms with E-state index in [1.807, 2.05) is 7.05 Å². The molecule has 1 N–H and O–H groups in total. The maximum Gasteiger partial charge on any atom is 0.274 e. The first kappa shape index (κ1) is 22.8. The Morgan fingerprint density at radius 3 is 2.44 bits per heavy atom. The quantitative estimate of drug-likeness (QED) is 0.691. The van der Waals surface area contributed by atoms with Crippen molar-refractivity contribution in [2.45, 2.75) is 70.4 Å². The molecule has 1 aromatic heterocycles. The molecule has 0 spiro atoms. The number of carbonyl (C=O) groups excluding carboxylic acids is 3. The van der Waals surface area contributed by atoms with E-state index in [0.717, 1.165) is 36.9 Å². The van der Waals surface area contributed by atoms with Gasteiger partial charge in [0.05, 0.1) is 13.2 Å². The molecule has 1 aromatic rings. The predicted octanol–water partition coefficient (Wildman–Crippen LogP) is 1.40. The minimum atomic E-state index is -0.0952. The number of rotatable bonds is 5. The number of hydrogen-bond donors (Lipinski definition) is 1. The molecule has 32 heavy (non-hydrogen) atoms. The highest BCUT2D eigenvalue weighted by atomic mass is 16.5. The molecule has 0 aromatic carbocycles. The highest BCUT2D eigenvalue weighted by Gasteiger charge is 2.31. The highest BCUT2D eigenvalue weighted by Crippen LogP contribution is 2.24. The first-order valence-electron chi connectivity index (χ1n) is 12.0. The summed E-state index contributed by atoms with van der Waals surface area (Å²) < 4.78 is 7.12. The van der Waals surface area contributed by atoms with Crippen LogP contribution < -0.4 is 5.32 Å². The second-order valence-electron chi connectivity index (χ2n) is 9.12. The fourth-order valence-electron chi connectivity index (χ4n) is 5.00. The van der Waals surface area contributed by atoms with Crippen molar-refractivity contribution in [2.24, 2.45) is 7.05 Å². The molecule has 2 fully saturated rings. The zero-order chi connectivity index (χ0) is 22.5. The van der Waals surface area contributed by atoms with Gasteiger partial charge in [0.15, 0.2) is 5.69 Å². The van der Waals surface area contributed by atoms with Crippen LogP contribution in [0.1, 0.15) is 73.1 Å². The zero-order valence-corrected chi connectivity index (χ0v) is 19.1. The van der Waals surface area contributed by atoms with Gasteiger partial charge in [0.25, 0.3) is 5.91 Å². The van der Waals surface area contributed by atoms with E-state index in [0.29, 0.717) is 51.5 Å². The summed E-state index contributed by atoms with van der Waals surface area (Å²) >= 11 is 0. The van der Waals surface area contributed by atoms with Gasteiger partial charge in [-0.25, -0.2) is 0 Å². The maximum atomic E-state index is 13.0. The summed E-state index contributed by atoms with van der Waals surface area (Å²) in [5.74, 6) is -0.171. The number of amides is 3. The fourth-order valence-corrected chi connectivity index (χ4v) is 5.00. The Morgan fingerprint density at radius 1 is 1.00 bits per heavy atom. The Morgan fingerprint density at radius 2 is 1.72 bits per heavy atom. The molecular weight excluding hydrogens is 410 g/mol. The van der Waals surface area contributed by atoms with Crippen molar-refractivity contribution in [2.75, 3.05) is 32.8 Å². The molecule has 0 bridgehead atoms. The van der Waals surface area contributed by atoms with Crippen LogP contribution in [0.25, 0.3) is 0 Å². The molecule has 9 heteroatoms. The summed E-state index contributed by atoms with van der Waals surface area (Å²) in [6, 6.07) is 0.252. The van der Waals surface area contributed by atoms with Gasteiger partial charge in [-0.05, 0) is 12.8 Å². The molecule has 0 unspecified atom stereocenters. The second-order valence-corrected chi connectivity index (χ2v) is 9.12. The number of aryl methyl sites for hydroxylation is 1. The third-order valence-electron chi connectivity index (χ3n) is 6.88. The molecule has 2 aliphatic heterocycles. The van der Waals surface area contributed by atoms with Crippen LogP contribution in [-0.4, -0.2) is 76.2 Å². The van der Waals surface area contributed by atoms with E-state index in [2.05, 4.69) is 10.4 Å². The first-order valence-corrected chi connectivity index (χ1v) is 12.0. The minimum Gasteiger partial charge on any atom is -0.378 e. The molecule has 9 nitrogen and oxygen atoms in total. The van der Waals surface area contributed by atoms with Gasteiger partial charge in [0.2, 0.25) is 11.8 Å². The Labute approximate surface area is 189 Å². The largest absolute Gasteiger partial charge is 0.378 e. The van der Waals surface area contributed by atoms with Gasteiger partial charge in [0.1, 0.15) is 0 Å². The lowest BCUT2D eigenvalue weighted by Crippen LogP contribution is -2.42. The van der Waals surface area contributed by atoms with Crippen molar-refractivity contribution in [3.8, 4) is 0 Å². The van der Waals surface area contributed by atoms with Crippen LogP contribution in [0.2, 0.25) is 0 Å². The van der Waals surface area contributed by atoms with Crippen LogP contribution in [0.15, 0.2) is 0 Å². The molecule has 0 radical (unpaired) electrons. The van der Waals surface area contributed by atoms with Crippen molar-refractivity contribution in [1.82, 2.24) is 24.9 Å². The van der Waals surface area contributed by atoms with Gasteiger partial charge < -0.3 is 19.9 Å². The van der Waals surface area contributed by atoms with Crippen molar-refractivity contribution in [3.63, 3.8) is 0 Å². The summed E-state index contributed by atoms with van der Waals surface area (Å²) in [4.78, 5) is 41.8. The zero-order valence-electron chi connectivity index (χ0n) is 19.1. The number of ether oxygens (including phenoxy) is 1. The smallest absolute Gasteiger partial charge is 0.274 e. The molecule has 176 valence electrons. The van der Waals surface area contributed by atoms with Gasteiger partial charge in [-0.1, -0.05) is 25.7 Å². The van der Waals surface area contributed by atoms with Crippen LogP contribution in [0, 0.1) is 0 Å². The summed E-state index contributed by atoms with van der Waals surface area (Å²) in [5.41, 5.74) is 2.29. The van der Waals surface area contributed by atoms with E-state index in [1.54, 1.807) is 14.5 Å². The Bertz CT molecular complexity index is 838. The molecule has 3 amide bonds. The Kier molecular flexibility index (Phi) is 7.44. The summed E-state index contributed by atoms with van der Waals surface area (Å²) in [6.45, 7) is 3.15. The normalized spacial score (nSPS) is 19.9. The van der Waals surface area contributed by atoms with Crippen molar-refractivity contribution in [1.29, 1.82) is 0 Å². The number of nitrogens with one attached hydrogen (secondary N) is 1. The van der Waals surface area contributed by atoms with Crippen molar-refractivity contribution < 1.29 is 19.1 Å². The van der Waals surface area contributed by atoms with Gasteiger partial charge in [-0.3, -0.25) is 19.1 Å².